The van der Waals surface area contributed by atoms with Gasteiger partial charge in [0.15, 0.2) is 11.5 Å². The van der Waals surface area contributed by atoms with Crippen molar-refractivity contribution in [3.05, 3.63) is 56.9 Å². The topological polar surface area (TPSA) is 48.0 Å². The lowest BCUT2D eigenvalue weighted by molar-refractivity contribution is -0.121. The Morgan fingerprint density at radius 3 is 2.50 bits per heavy atom. The van der Waals surface area contributed by atoms with Crippen LogP contribution in [0.25, 0.3) is 6.08 Å². The van der Waals surface area contributed by atoms with E-state index in [9.17, 15) is 4.79 Å². The third-order valence-electron chi connectivity index (χ3n) is 4.61. The molecule has 1 fully saturated rings. The van der Waals surface area contributed by atoms with Crippen molar-refractivity contribution in [3.63, 3.8) is 0 Å². The van der Waals surface area contributed by atoms with Gasteiger partial charge in [0.2, 0.25) is 0 Å². The van der Waals surface area contributed by atoms with Gasteiger partial charge in [-0.3, -0.25) is 9.69 Å². The number of amides is 1. The first kappa shape index (κ1) is 22.5. The molecule has 0 N–H and O–H groups in total. The van der Waals surface area contributed by atoms with E-state index in [-0.39, 0.29) is 5.91 Å². The van der Waals surface area contributed by atoms with Crippen LogP contribution in [0.1, 0.15) is 16.7 Å². The van der Waals surface area contributed by atoms with E-state index in [1.165, 1.54) is 27.8 Å². The molecule has 8 heteroatoms. The number of rotatable bonds is 7. The summed E-state index contributed by atoms with van der Waals surface area (Å²) in [5.74, 6) is 1.57. The van der Waals surface area contributed by atoms with E-state index in [4.69, 9.17) is 38.0 Å². The number of methoxy groups -OCH3 is 1. The molecule has 0 radical (unpaired) electrons. The quantitative estimate of drug-likeness (QED) is 0.317. The first-order valence-electron chi connectivity index (χ1n) is 9.22. The van der Waals surface area contributed by atoms with E-state index in [1.54, 1.807) is 32.4 Å². The van der Waals surface area contributed by atoms with Gasteiger partial charge in [-0.05, 0) is 60.9 Å². The molecule has 0 spiro atoms. The molecule has 30 heavy (non-hydrogen) atoms. The predicted octanol–water partition coefficient (Wildman–Crippen LogP) is 5.25. The Hall–Kier alpha value is -2.22. The van der Waals surface area contributed by atoms with Crippen LogP contribution in [0.4, 0.5) is 0 Å². The van der Waals surface area contributed by atoms with Crippen LogP contribution in [-0.2, 0) is 4.79 Å². The van der Waals surface area contributed by atoms with Gasteiger partial charge in [-0.15, -0.1) is 0 Å². The van der Waals surface area contributed by atoms with Crippen molar-refractivity contribution in [1.82, 2.24) is 4.90 Å². The summed E-state index contributed by atoms with van der Waals surface area (Å²) in [5, 5.41) is 0.388. The highest BCUT2D eigenvalue weighted by atomic mass is 35.5. The number of thiocarbonyl (C=S) groups is 1. The number of hydrogen-bond acceptors (Lipinski definition) is 6. The monoisotopic (exact) mass is 463 g/mol. The number of hydrogen-bond donors (Lipinski definition) is 0. The zero-order valence-electron chi connectivity index (χ0n) is 17.2. The maximum atomic E-state index is 12.2. The predicted molar refractivity (Wildman–Crippen MR) is 126 cm³/mol. The van der Waals surface area contributed by atoms with Crippen LogP contribution in [0.3, 0.4) is 0 Å². The van der Waals surface area contributed by atoms with E-state index < -0.39 is 0 Å². The van der Waals surface area contributed by atoms with Crippen LogP contribution in [0, 0.1) is 13.8 Å². The fourth-order valence-electron chi connectivity index (χ4n) is 2.77. The van der Waals surface area contributed by atoms with Crippen molar-refractivity contribution < 1.29 is 19.0 Å². The Morgan fingerprint density at radius 1 is 1.13 bits per heavy atom. The van der Waals surface area contributed by atoms with Crippen LogP contribution in [-0.4, -0.2) is 42.5 Å². The van der Waals surface area contributed by atoms with E-state index in [1.807, 2.05) is 25.1 Å². The zero-order valence-corrected chi connectivity index (χ0v) is 19.5. The number of benzene rings is 2. The molecule has 158 valence electrons. The second-order valence-corrected chi connectivity index (χ2v) is 8.80. The van der Waals surface area contributed by atoms with Gasteiger partial charge >= 0.3 is 0 Å². The Balaban J connectivity index is 1.67. The molecule has 1 heterocycles. The fourth-order valence-corrected chi connectivity index (χ4v) is 4.22. The van der Waals surface area contributed by atoms with Gasteiger partial charge in [-0.1, -0.05) is 41.6 Å². The molecule has 2 aromatic carbocycles. The van der Waals surface area contributed by atoms with Crippen molar-refractivity contribution in [2.24, 2.45) is 0 Å². The summed E-state index contributed by atoms with van der Waals surface area (Å²) in [7, 11) is 3.20. The molecule has 1 aliphatic heterocycles. The minimum absolute atomic E-state index is 0.135. The second-order valence-electron chi connectivity index (χ2n) is 6.72. The van der Waals surface area contributed by atoms with Crippen LogP contribution in [0.5, 0.6) is 17.2 Å². The summed E-state index contributed by atoms with van der Waals surface area (Å²) in [6.07, 6.45) is 1.74. The Bertz CT molecular complexity index is 1020. The van der Waals surface area contributed by atoms with E-state index in [0.717, 1.165) is 11.3 Å². The highest BCUT2D eigenvalue weighted by Crippen LogP contribution is 2.38. The Morgan fingerprint density at radius 2 is 1.87 bits per heavy atom. The van der Waals surface area contributed by atoms with Gasteiger partial charge in [0, 0.05) is 7.05 Å². The number of aryl methyl sites for hydroxylation is 2. The Labute approximate surface area is 190 Å². The van der Waals surface area contributed by atoms with Crippen molar-refractivity contribution in [2.75, 3.05) is 27.4 Å². The molecule has 0 bridgehead atoms. The van der Waals surface area contributed by atoms with Gasteiger partial charge < -0.3 is 14.2 Å². The fraction of sp³-hybridized carbons (Fsp3) is 0.273. The normalized spacial score (nSPS) is 15.1. The molecular formula is C22H22ClNO4S2. The minimum atomic E-state index is -0.135. The number of carbonyl (C=O) groups excluding carboxylic acids is 1. The average molecular weight is 464 g/mol. The molecule has 0 aliphatic carbocycles. The van der Waals surface area contributed by atoms with E-state index in [2.05, 4.69) is 6.92 Å². The number of nitrogens with zero attached hydrogens (tertiary/aromatic N) is 1. The lowest BCUT2D eigenvalue weighted by Gasteiger charge is -2.14. The smallest absolute Gasteiger partial charge is 0.265 e. The third kappa shape index (κ3) is 5.09. The van der Waals surface area contributed by atoms with Crippen molar-refractivity contribution >= 4 is 51.9 Å². The van der Waals surface area contributed by atoms with Gasteiger partial charge in [0.25, 0.3) is 5.91 Å². The van der Waals surface area contributed by atoms with E-state index in [0.29, 0.717) is 39.0 Å². The van der Waals surface area contributed by atoms with Crippen molar-refractivity contribution in [3.8, 4) is 17.2 Å². The highest BCUT2D eigenvalue weighted by Gasteiger charge is 2.28. The standard InChI is InChI=1S/C22H22ClNO4S2/c1-13-5-6-16(9-14(13)2)27-7-8-28-20-17(23)10-15(11-18(20)26-4)12-19-21(25)24(3)22(29)30-19/h5-6,9-12H,7-8H2,1-4H3/b19-12-. The average Bonchev–Trinajstić information content (AvgIpc) is 2.95. The molecule has 1 amide bonds. The lowest BCUT2D eigenvalue weighted by atomic mass is 10.1. The van der Waals surface area contributed by atoms with Crippen LogP contribution >= 0.6 is 35.6 Å². The van der Waals surface area contributed by atoms with Crippen LogP contribution in [0.15, 0.2) is 35.2 Å². The largest absolute Gasteiger partial charge is 0.493 e. The summed E-state index contributed by atoms with van der Waals surface area (Å²) in [6.45, 7) is 4.77. The third-order valence-corrected chi connectivity index (χ3v) is 6.38. The first-order chi connectivity index (χ1) is 14.3. The highest BCUT2D eigenvalue weighted by molar-refractivity contribution is 8.26. The molecule has 2 aromatic rings. The maximum Gasteiger partial charge on any atom is 0.265 e. The molecule has 0 aromatic heterocycles. The summed E-state index contributed by atoms with van der Waals surface area (Å²) in [5.41, 5.74) is 3.12. The van der Waals surface area contributed by atoms with Gasteiger partial charge in [-0.2, -0.15) is 0 Å². The molecule has 1 saturated heterocycles. The number of halogens is 1. The Kier molecular flexibility index (Phi) is 7.28. The lowest BCUT2D eigenvalue weighted by Crippen LogP contribution is -2.22. The maximum absolute atomic E-state index is 12.2. The number of ether oxygens (including phenoxy) is 3. The van der Waals surface area contributed by atoms with Gasteiger partial charge in [-0.25, -0.2) is 0 Å². The van der Waals surface area contributed by atoms with Crippen molar-refractivity contribution in [1.29, 1.82) is 0 Å². The van der Waals surface area contributed by atoms with Gasteiger partial charge in [0.1, 0.15) is 23.3 Å². The number of likely N-dealkylation sites (N-methyl/N-ethyl adjacent to an activating group) is 1. The van der Waals surface area contributed by atoms with Gasteiger partial charge in [0.05, 0.1) is 17.0 Å². The zero-order chi connectivity index (χ0) is 21.8. The SMILES string of the molecule is COc1cc(/C=C2\SC(=S)N(C)C2=O)cc(Cl)c1OCCOc1ccc(C)c(C)c1. The van der Waals surface area contributed by atoms with Crippen LogP contribution in [0.2, 0.25) is 5.02 Å². The van der Waals surface area contributed by atoms with Crippen molar-refractivity contribution in [2.45, 2.75) is 13.8 Å². The molecule has 0 unspecified atom stereocenters. The molecule has 5 nitrogen and oxygen atoms in total. The minimum Gasteiger partial charge on any atom is -0.493 e. The summed E-state index contributed by atoms with van der Waals surface area (Å²) in [6, 6.07) is 9.45. The summed E-state index contributed by atoms with van der Waals surface area (Å²) < 4.78 is 17.5. The summed E-state index contributed by atoms with van der Waals surface area (Å²) in [4.78, 5) is 14.2. The number of thioether (sulfide) groups is 1. The van der Waals surface area contributed by atoms with Crippen LogP contribution < -0.4 is 14.2 Å². The molecule has 1 aliphatic rings. The molecular weight excluding hydrogens is 442 g/mol. The van der Waals surface area contributed by atoms with E-state index >= 15 is 0 Å². The summed E-state index contributed by atoms with van der Waals surface area (Å²) >= 11 is 12.8. The number of carbonyl (C=O) groups is 1. The molecule has 0 saturated carbocycles. The molecule has 3 rings (SSSR count). The molecule has 0 atom stereocenters. The second kappa shape index (κ2) is 9.73. The first-order valence-corrected chi connectivity index (χ1v) is 10.8.